The average molecular weight is 519 g/mol. The van der Waals surface area contributed by atoms with Gasteiger partial charge in [0.2, 0.25) is 0 Å². The number of thiophene rings is 1. The summed E-state index contributed by atoms with van der Waals surface area (Å²) in [6, 6.07) is 5.23. The lowest BCUT2D eigenvalue weighted by atomic mass is 10.3. The van der Waals surface area contributed by atoms with Crippen LogP contribution >= 0.6 is 59.1 Å². The van der Waals surface area contributed by atoms with Crippen molar-refractivity contribution in [3.8, 4) is 0 Å². The maximum absolute atomic E-state index is 12.4. The van der Waals surface area contributed by atoms with Crippen LogP contribution < -0.4 is 10.0 Å². The van der Waals surface area contributed by atoms with Crippen molar-refractivity contribution in [3.63, 3.8) is 0 Å². The van der Waals surface area contributed by atoms with Crippen molar-refractivity contribution in [2.24, 2.45) is 0 Å². The van der Waals surface area contributed by atoms with Gasteiger partial charge < -0.3 is 5.32 Å². The Balaban J connectivity index is 2.33. The Bertz CT molecular complexity index is 737. The minimum absolute atomic E-state index is 0.287. The van der Waals surface area contributed by atoms with E-state index in [1.165, 1.54) is 11.3 Å². The second kappa shape index (κ2) is 7.10. The first-order valence-electron chi connectivity index (χ1n) is 5.73. The molecule has 2 rings (SSSR count). The quantitative estimate of drug-likeness (QED) is 0.610. The maximum Gasteiger partial charge on any atom is 0.271 e. The first kappa shape index (κ1) is 17.4. The van der Waals surface area contributed by atoms with Crippen molar-refractivity contribution in [2.75, 3.05) is 11.8 Å². The molecule has 1 aromatic carbocycles. The van der Waals surface area contributed by atoms with Crippen molar-refractivity contribution >= 4 is 74.8 Å². The molecule has 114 valence electrons. The molecule has 0 saturated heterocycles. The minimum Gasteiger partial charge on any atom is -0.316 e. The Morgan fingerprint density at radius 2 is 1.76 bits per heavy atom. The van der Waals surface area contributed by atoms with Crippen LogP contribution in [0.2, 0.25) is 0 Å². The molecule has 4 nitrogen and oxygen atoms in total. The van der Waals surface area contributed by atoms with E-state index < -0.39 is 10.0 Å². The number of halogens is 3. The van der Waals surface area contributed by atoms with Crippen molar-refractivity contribution in [1.82, 2.24) is 5.32 Å². The highest BCUT2D eigenvalue weighted by atomic mass is 79.9. The Kier molecular flexibility index (Phi) is 5.89. The molecule has 0 saturated carbocycles. The third-order valence-corrected chi connectivity index (χ3v) is 7.07. The monoisotopic (exact) mass is 516 g/mol. The topological polar surface area (TPSA) is 58.2 Å². The molecule has 0 spiro atoms. The van der Waals surface area contributed by atoms with E-state index in [1.807, 2.05) is 12.4 Å². The second-order valence-corrected chi connectivity index (χ2v) is 9.60. The van der Waals surface area contributed by atoms with Gasteiger partial charge in [-0.3, -0.25) is 4.72 Å². The van der Waals surface area contributed by atoms with Gasteiger partial charge in [0.05, 0.1) is 5.69 Å². The highest BCUT2D eigenvalue weighted by Crippen LogP contribution is 2.36. The zero-order valence-electron chi connectivity index (χ0n) is 10.8. The minimum atomic E-state index is -3.60. The number of sulfonamides is 1. The van der Waals surface area contributed by atoms with E-state index in [1.54, 1.807) is 18.2 Å². The predicted molar refractivity (Wildman–Crippen MR) is 97.4 cm³/mol. The smallest absolute Gasteiger partial charge is 0.271 e. The van der Waals surface area contributed by atoms with Gasteiger partial charge in [-0.1, -0.05) is 15.9 Å². The van der Waals surface area contributed by atoms with Crippen molar-refractivity contribution in [2.45, 2.75) is 10.8 Å². The summed E-state index contributed by atoms with van der Waals surface area (Å²) in [4.78, 5) is 0. The summed E-state index contributed by atoms with van der Waals surface area (Å²) < 4.78 is 29.9. The Morgan fingerprint density at radius 3 is 2.33 bits per heavy atom. The van der Waals surface area contributed by atoms with Crippen LogP contribution in [0.25, 0.3) is 0 Å². The normalized spacial score (nSPS) is 11.6. The van der Waals surface area contributed by atoms with Crippen LogP contribution in [0.1, 0.15) is 5.56 Å². The Labute approximate surface area is 152 Å². The van der Waals surface area contributed by atoms with Gasteiger partial charge in [0.15, 0.2) is 0 Å². The van der Waals surface area contributed by atoms with Gasteiger partial charge in [0, 0.05) is 20.0 Å². The van der Waals surface area contributed by atoms with E-state index in [2.05, 4.69) is 57.8 Å². The first-order chi connectivity index (χ1) is 9.83. The predicted octanol–water partition coefficient (Wildman–Crippen LogP) is 4.56. The van der Waals surface area contributed by atoms with Crippen molar-refractivity contribution < 1.29 is 8.42 Å². The lowest BCUT2D eigenvalue weighted by Crippen LogP contribution is -2.12. The van der Waals surface area contributed by atoms with Gasteiger partial charge in [-0.25, -0.2) is 8.42 Å². The molecule has 2 aromatic rings. The number of hydrogen-bond acceptors (Lipinski definition) is 4. The van der Waals surface area contributed by atoms with E-state index >= 15 is 0 Å². The summed E-state index contributed by atoms with van der Waals surface area (Å²) in [5.74, 6) is 0. The molecule has 0 atom stereocenters. The van der Waals surface area contributed by atoms with Crippen LogP contribution in [-0.2, 0) is 16.6 Å². The van der Waals surface area contributed by atoms with E-state index in [-0.39, 0.29) is 4.21 Å². The van der Waals surface area contributed by atoms with Gasteiger partial charge >= 0.3 is 0 Å². The number of nitrogens with one attached hydrogen (secondary N) is 2. The largest absolute Gasteiger partial charge is 0.316 e. The second-order valence-electron chi connectivity index (χ2n) is 4.15. The molecule has 0 bridgehead atoms. The third-order valence-electron chi connectivity index (χ3n) is 2.52. The summed E-state index contributed by atoms with van der Waals surface area (Å²) >= 11 is 11.3. The van der Waals surface area contributed by atoms with E-state index in [0.717, 1.165) is 10.0 Å². The van der Waals surface area contributed by atoms with Crippen LogP contribution in [-0.4, -0.2) is 15.5 Å². The van der Waals surface area contributed by atoms with E-state index in [0.29, 0.717) is 21.2 Å². The molecule has 1 heterocycles. The molecule has 0 aliphatic carbocycles. The molecule has 0 aliphatic heterocycles. The standard InChI is InChI=1S/C12H11Br3N2O2S2/c1-16-5-7-2-11(20-6-7)21(18,19)17-12-9(14)3-8(13)4-10(12)15/h2-4,6,16-17H,5H2,1H3. The van der Waals surface area contributed by atoms with Crippen molar-refractivity contribution in [3.05, 3.63) is 42.6 Å². The molecule has 0 radical (unpaired) electrons. The number of benzene rings is 1. The van der Waals surface area contributed by atoms with Gasteiger partial charge in [-0.15, -0.1) is 11.3 Å². The van der Waals surface area contributed by atoms with Crippen LogP contribution in [0, 0.1) is 0 Å². The molecular formula is C12H11Br3N2O2S2. The molecule has 0 amide bonds. The van der Waals surface area contributed by atoms with Gasteiger partial charge in [-0.05, 0) is 68.1 Å². The first-order valence-corrected chi connectivity index (χ1v) is 10.5. The lowest BCUT2D eigenvalue weighted by Gasteiger charge is -2.11. The zero-order chi connectivity index (χ0) is 15.6. The summed E-state index contributed by atoms with van der Waals surface area (Å²) in [5.41, 5.74) is 1.42. The molecule has 21 heavy (non-hydrogen) atoms. The third kappa shape index (κ3) is 4.29. The molecule has 0 fully saturated rings. The fourth-order valence-electron chi connectivity index (χ4n) is 1.62. The summed E-state index contributed by atoms with van der Waals surface area (Å²) in [5, 5.41) is 4.82. The number of rotatable bonds is 5. The van der Waals surface area contributed by atoms with E-state index in [4.69, 9.17) is 0 Å². The molecule has 0 unspecified atom stereocenters. The van der Waals surface area contributed by atoms with Crippen molar-refractivity contribution in [1.29, 1.82) is 0 Å². The van der Waals surface area contributed by atoms with Crippen LogP contribution in [0.15, 0.2) is 41.2 Å². The Hall–Kier alpha value is 0.0700. The van der Waals surface area contributed by atoms with Crippen LogP contribution in [0.5, 0.6) is 0 Å². The lowest BCUT2D eigenvalue weighted by molar-refractivity contribution is 0.603. The van der Waals surface area contributed by atoms with E-state index in [9.17, 15) is 8.42 Å². The summed E-state index contributed by atoms with van der Waals surface area (Å²) in [6.07, 6.45) is 0. The number of hydrogen-bond donors (Lipinski definition) is 2. The maximum atomic E-state index is 12.4. The molecule has 0 aliphatic rings. The highest BCUT2D eigenvalue weighted by Gasteiger charge is 2.20. The fraction of sp³-hybridized carbons (Fsp3) is 0.167. The average Bonchev–Trinajstić information content (AvgIpc) is 2.84. The fourth-order valence-corrected chi connectivity index (χ4v) is 6.64. The highest BCUT2D eigenvalue weighted by molar-refractivity contribution is 9.11. The van der Waals surface area contributed by atoms with Gasteiger partial charge in [-0.2, -0.15) is 0 Å². The summed E-state index contributed by atoms with van der Waals surface area (Å²) in [7, 11) is -1.78. The molecule has 1 aromatic heterocycles. The molecular weight excluding hydrogens is 508 g/mol. The van der Waals surface area contributed by atoms with Gasteiger partial charge in [0.1, 0.15) is 4.21 Å². The van der Waals surface area contributed by atoms with Crippen LogP contribution in [0.3, 0.4) is 0 Å². The SMILES string of the molecule is CNCc1csc(S(=O)(=O)Nc2c(Br)cc(Br)cc2Br)c1. The zero-order valence-corrected chi connectivity index (χ0v) is 17.2. The molecule has 9 heteroatoms. The van der Waals surface area contributed by atoms with Gasteiger partial charge in [0.25, 0.3) is 10.0 Å². The number of anilines is 1. The molecule has 2 N–H and O–H groups in total. The summed E-state index contributed by atoms with van der Waals surface area (Å²) in [6.45, 7) is 0.637. The van der Waals surface area contributed by atoms with Crippen LogP contribution in [0.4, 0.5) is 5.69 Å². The Morgan fingerprint density at radius 1 is 1.14 bits per heavy atom.